The van der Waals surface area contributed by atoms with Crippen LogP contribution in [0, 0.1) is 20.8 Å². The molecule has 0 saturated carbocycles. The van der Waals surface area contributed by atoms with Gasteiger partial charge in [0, 0.05) is 37.0 Å². The predicted octanol–water partition coefficient (Wildman–Crippen LogP) is 3.37. The van der Waals surface area contributed by atoms with E-state index in [1.54, 1.807) is 16.5 Å². The Balaban J connectivity index is 1.72. The van der Waals surface area contributed by atoms with Crippen molar-refractivity contribution in [3.63, 3.8) is 0 Å². The summed E-state index contributed by atoms with van der Waals surface area (Å²) in [5.74, 6) is 1.48. The Bertz CT molecular complexity index is 1050. The summed E-state index contributed by atoms with van der Waals surface area (Å²) in [4.78, 5) is 23.5. The molecule has 0 spiro atoms. The first-order valence-corrected chi connectivity index (χ1v) is 10.7. The molecular formula is C21H27N5O2S. The van der Waals surface area contributed by atoms with Crippen molar-refractivity contribution in [3.8, 4) is 5.75 Å². The fourth-order valence-corrected chi connectivity index (χ4v) is 3.77. The molecule has 0 N–H and O–H groups in total. The summed E-state index contributed by atoms with van der Waals surface area (Å²) in [6, 6.07) is 6.01. The van der Waals surface area contributed by atoms with Crippen molar-refractivity contribution in [2.75, 3.05) is 20.4 Å². The van der Waals surface area contributed by atoms with Crippen LogP contribution in [0.2, 0.25) is 0 Å². The highest BCUT2D eigenvalue weighted by atomic mass is 32.2. The molecule has 0 radical (unpaired) electrons. The average Bonchev–Trinajstić information content (AvgIpc) is 3.11. The molecule has 154 valence electrons. The minimum atomic E-state index is 0.0795. The first-order valence-electron chi connectivity index (χ1n) is 9.48. The maximum atomic E-state index is 12.8. The van der Waals surface area contributed by atoms with Crippen LogP contribution in [0.4, 0.5) is 0 Å². The van der Waals surface area contributed by atoms with E-state index in [0.717, 1.165) is 33.8 Å². The molecule has 7 nitrogen and oxygen atoms in total. The monoisotopic (exact) mass is 413 g/mol. The van der Waals surface area contributed by atoms with E-state index in [0.29, 0.717) is 30.3 Å². The molecule has 0 aliphatic heterocycles. The third-order valence-corrected chi connectivity index (χ3v) is 5.61. The van der Waals surface area contributed by atoms with E-state index < -0.39 is 0 Å². The van der Waals surface area contributed by atoms with Gasteiger partial charge in [0.05, 0.1) is 7.11 Å². The zero-order valence-corrected chi connectivity index (χ0v) is 18.6. The maximum absolute atomic E-state index is 12.8. The second-order valence-electron chi connectivity index (χ2n) is 7.14. The average molecular weight is 414 g/mol. The molecule has 3 aromatic rings. The number of carbonyl (C=O) groups excluding carboxylic acids is 1. The molecule has 0 aliphatic rings. The van der Waals surface area contributed by atoms with Gasteiger partial charge < -0.3 is 9.64 Å². The third kappa shape index (κ3) is 4.53. The van der Waals surface area contributed by atoms with Crippen LogP contribution in [0.1, 0.15) is 34.5 Å². The second kappa shape index (κ2) is 8.82. The Hall–Kier alpha value is -2.61. The van der Waals surface area contributed by atoms with Crippen molar-refractivity contribution in [2.45, 2.75) is 45.3 Å². The van der Waals surface area contributed by atoms with Crippen LogP contribution < -0.4 is 4.74 Å². The van der Waals surface area contributed by atoms with Crippen molar-refractivity contribution in [3.05, 3.63) is 46.3 Å². The van der Waals surface area contributed by atoms with Gasteiger partial charge in [0.1, 0.15) is 5.75 Å². The second-order valence-corrected chi connectivity index (χ2v) is 7.91. The van der Waals surface area contributed by atoms with E-state index in [2.05, 4.69) is 21.1 Å². The Morgan fingerprint density at radius 2 is 2.00 bits per heavy atom. The topological polar surface area (TPSA) is 72.6 Å². The number of aromatic nitrogens is 4. The van der Waals surface area contributed by atoms with E-state index in [9.17, 15) is 4.79 Å². The number of aryl methyl sites for hydroxylation is 3. The smallest absolute Gasteiger partial charge is 0.253 e. The molecule has 3 rings (SSSR count). The van der Waals surface area contributed by atoms with Gasteiger partial charge in [0.15, 0.2) is 0 Å². The molecule has 0 aliphatic carbocycles. The van der Waals surface area contributed by atoms with Crippen molar-refractivity contribution in [1.82, 2.24) is 24.5 Å². The van der Waals surface area contributed by atoms with E-state index >= 15 is 0 Å². The summed E-state index contributed by atoms with van der Waals surface area (Å²) in [5.41, 5.74) is 5.07. The van der Waals surface area contributed by atoms with E-state index in [-0.39, 0.29) is 5.91 Å². The number of hydrogen-bond donors (Lipinski definition) is 0. The lowest BCUT2D eigenvalue weighted by atomic mass is 10.1. The molecule has 29 heavy (non-hydrogen) atoms. The Kier molecular flexibility index (Phi) is 6.42. The number of rotatable bonds is 7. The summed E-state index contributed by atoms with van der Waals surface area (Å²) in [6.07, 6.45) is 2.96. The SMILES string of the molecule is COc1ccc(C)cc1CN(C)C(=O)CCc1c(C)nc2nc(SC)nn2c1C. The summed E-state index contributed by atoms with van der Waals surface area (Å²) < 4.78 is 7.19. The molecule has 0 saturated heterocycles. The van der Waals surface area contributed by atoms with Gasteiger partial charge >= 0.3 is 0 Å². The lowest BCUT2D eigenvalue weighted by molar-refractivity contribution is -0.130. The highest BCUT2D eigenvalue weighted by Crippen LogP contribution is 2.22. The summed E-state index contributed by atoms with van der Waals surface area (Å²) in [7, 11) is 3.48. The van der Waals surface area contributed by atoms with E-state index in [1.807, 2.05) is 46.2 Å². The highest BCUT2D eigenvalue weighted by Gasteiger charge is 2.17. The standard InChI is InChI=1S/C21H27N5O2S/c1-13-7-9-18(28-5)16(11-13)12-25(4)19(27)10-8-17-14(2)22-20-23-21(29-6)24-26(20)15(17)3/h7,9,11H,8,10,12H2,1-6H3. The molecule has 2 aromatic heterocycles. The van der Waals surface area contributed by atoms with Crippen LogP contribution in [0.15, 0.2) is 23.4 Å². The summed E-state index contributed by atoms with van der Waals surface area (Å²) in [5, 5.41) is 5.17. The van der Waals surface area contributed by atoms with Crippen LogP contribution >= 0.6 is 11.8 Å². The number of hydrogen-bond acceptors (Lipinski definition) is 6. The highest BCUT2D eigenvalue weighted by molar-refractivity contribution is 7.98. The molecule has 0 unspecified atom stereocenters. The number of methoxy groups -OCH3 is 1. The quantitative estimate of drug-likeness (QED) is 0.553. The van der Waals surface area contributed by atoms with Gasteiger partial charge in [0.2, 0.25) is 11.1 Å². The predicted molar refractivity (Wildman–Crippen MR) is 115 cm³/mol. The molecule has 2 heterocycles. The first kappa shape index (κ1) is 21.1. The van der Waals surface area contributed by atoms with Crippen LogP contribution in [0.25, 0.3) is 5.78 Å². The lowest BCUT2D eigenvalue weighted by Gasteiger charge is -2.20. The first-order chi connectivity index (χ1) is 13.8. The number of amides is 1. The number of fused-ring (bicyclic) bond motifs is 1. The molecule has 1 amide bonds. The molecule has 0 bridgehead atoms. The van der Waals surface area contributed by atoms with E-state index in [1.165, 1.54) is 11.8 Å². The largest absolute Gasteiger partial charge is 0.496 e. The minimum absolute atomic E-state index is 0.0795. The van der Waals surface area contributed by atoms with Crippen molar-refractivity contribution >= 4 is 23.4 Å². The summed E-state index contributed by atoms with van der Waals surface area (Å²) in [6.45, 7) is 6.51. The molecule has 0 atom stereocenters. The van der Waals surface area contributed by atoms with Gasteiger partial charge in [-0.2, -0.15) is 4.98 Å². The van der Waals surface area contributed by atoms with Crippen molar-refractivity contribution < 1.29 is 9.53 Å². The van der Waals surface area contributed by atoms with Crippen molar-refractivity contribution in [2.24, 2.45) is 0 Å². The number of thioether (sulfide) groups is 1. The van der Waals surface area contributed by atoms with Gasteiger partial charge in [-0.3, -0.25) is 4.79 Å². The van der Waals surface area contributed by atoms with Gasteiger partial charge in [-0.15, -0.1) is 5.10 Å². The molecule has 8 heteroatoms. The van der Waals surface area contributed by atoms with E-state index in [4.69, 9.17) is 4.74 Å². The van der Waals surface area contributed by atoms with Gasteiger partial charge in [-0.25, -0.2) is 9.50 Å². The maximum Gasteiger partial charge on any atom is 0.253 e. The Labute approximate surface area is 175 Å². The fraction of sp³-hybridized carbons (Fsp3) is 0.429. The number of nitrogens with zero attached hydrogens (tertiary/aromatic N) is 5. The summed E-state index contributed by atoms with van der Waals surface area (Å²) >= 11 is 1.49. The normalized spacial score (nSPS) is 11.1. The molecule has 1 aromatic carbocycles. The van der Waals surface area contributed by atoms with Gasteiger partial charge in [0.25, 0.3) is 5.78 Å². The number of benzene rings is 1. The van der Waals surface area contributed by atoms with Gasteiger partial charge in [-0.05, 0) is 45.1 Å². The lowest BCUT2D eigenvalue weighted by Crippen LogP contribution is -2.27. The third-order valence-electron chi connectivity index (χ3n) is 5.07. The minimum Gasteiger partial charge on any atom is -0.496 e. The zero-order valence-electron chi connectivity index (χ0n) is 17.8. The van der Waals surface area contributed by atoms with Crippen LogP contribution in [-0.2, 0) is 17.8 Å². The van der Waals surface area contributed by atoms with Crippen LogP contribution in [-0.4, -0.2) is 50.8 Å². The fourth-order valence-electron chi connectivity index (χ4n) is 3.44. The zero-order chi connectivity index (χ0) is 21.1. The number of carbonyl (C=O) groups is 1. The Morgan fingerprint density at radius 1 is 1.24 bits per heavy atom. The van der Waals surface area contributed by atoms with Crippen LogP contribution in [0.5, 0.6) is 5.75 Å². The van der Waals surface area contributed by atoms with Gasteiger partial charge in [-0.1, -0.05) is 29.5 Å². The Morgan fingerprint density at radius 3 is 2.69 bits per heavy atom. The number of ether oxygens (including phenoxy) is 1. The molecule has 0 fully saturated rings. The van der Waals surface area contributed by atoms with Crippen LogP contribution in [0.3, 0.4) is 0 Å². The van der Waals surface area contributed by atoms with Crippen molar-refractivity contribution in [1.29, 1.82) is 0 Å². The molecular weight excluding hydrogens is 386 g/mol.